The molecule has 33 heavy (non-hydrogen) atoms. The van der Waals surface area contributed by atoms with Crippen LogP contribution < -0.4 is 10.2 Å². The minimum absolute atomic E-state index is 0.0274. The van der Waals surface area contributed by atoms with E-state index in [-0.39, 0.29) is 23.1 Å². The second-order valence-corrected chi connectivity index (χ2v) is 9.54. The molecule has 6 heteroatoms. The van der Waals surface area contributed by atoms with Gasteiger partial charge in [-0.15, -0.1) is 6.58 Å². The van der Waals surface area contributed by atoms with Crippen molar-refractivity contribution in [2.45, 2.75) is 33.2 Å². The third kappa shape index (κ3) is 4.40. The minimum Gasteiger partial charge on any atom is -0.507 e. The van der Waals surface area contributed by atoms with Crippen molar-refractivity contribution in [3.8, 4) is 11.5 Å². The van der Waals surface area contributed by atoms with Crippen molar-refractivity contribution in [1.82, 2.24) is 10.2 Å². The van der Waals surface area contributed by atoms with Crippen LogP contribution in [0, 0.1) is 19.3 Å². The number of piperazine rings is 1. The largest absolute Gasteiger partial charge is 0.507 e. The van der Waals surface area contributed by atoms with E-state index in [0.717, 1.165) is 66.3 Å². The van der Waals surface area contributed by atoms with Gasteiger partial charge >= 0.3 is 5.75 Å². The summed E-state index contributed by atoms with van der Waals surface area (Å²) in [5, 5.41) is 14.1. The van der Waals surface area contributed by atoms with Crippen molar-refractivity contribution in [3.63, 3.8) is 0 Å². The van der Waals surface area contributed by atoms with Crippen LogP contribution >= 0.6 is 0 Å². The van der Waals surface area contributed by atoms with E-state index in [2.05, 4.69) is 48.4 Å². The summed E-state index contributed by atoms with van der Waals surface area (Å²) in [6.45, 7) is 17.2. The van der Waals surface area contributed by atoms with Gasteiger partial charge < -0.3 is 15.3 Å². The molecule has 174 valence electrons. The number of rotatable bonds is 6. The molecule has 1 aliphatic carbocycles. The van der Waals surface area contributed by atoms with Crippen molar-refractivity contribution < 1.29 is 14.3 Å². The second kappa shape index (κ2) is 9.02. The number of phenolic OH excluding ortho intramolecular Hbond substituents is 1. The Bertz CT molecular complexity index is 1090. The van der Waals surface area contributed by atoms with Gasteiger partial charge in [-0.05, 0) is 43.0 Å². The van der Waals surface area contributed by atoms with E-state index in [1.165, 1.54) is 0 Å². The number of fused-ring (bicyclic) bond motifs is 1. The van der Waals surface area contributed by atoms with Gasteiger partial charge in [0, 0.05) is 48.9 Å². The number of aryl methyl sites for hydroxylation is 2. The number of anilines is 1. The number of amides is 1. The summed E-state index contributed by atoms with van der Waals surface area (Å²) < 4.78 is 5.09. The average molecular weight is 449 g/mol. The summed E-state index contributed by atoms with van der Waals surface area (Å²) >= 11 is 0. The molecule has 4 rings (SSSR count). The van der Waals surface area contributed by atoms with Crippen molar-refractivity contribution in [2.75, 3.05) is 37.6 Å². The molecule has 2 aromatic rings. The molecule has 1 amide bonds. The molecule has 2 atom stereocenters. The SMILES string of the molecule is C=CC1(C)Cc2c(C)cc(C)c(O)c2C1NC(=O)CN1CCN(c2cccc([O+]=C)c2)CC1. The Labute approximate surface area is 196 Å². The standard InChI is InChI=1S/C27H33N3O3/c1-6-27(4)16-22-18(2)14-19(3)25(32)24(22)26(27)28-23(31)17-29-10-12-30(13-11-29)20-8-7-9-21(15-20)33-5/h6-9,14-15,26H,1,5,10-13,16-17H2,2-4H3,(H-,28,31,32)/p+1. The summed E-state index contributed by atoms with van der Waals surface area (Å²) in [5.41, 5.74) is 4.71. The fourth-order valence-electron chi connectivity index (χ4n) is 5.18. The Kier molecular flexibility index (Phi) is 6.30. The molecule has 0 radical (unpaired) electrons. The highest BCUT2D eigenvalue weighted by Crippen LogP contribution is 2.51. The first-order chi connectivity index (χ1) is 15.8. The molecule has 0 spiro atoms. The maximum atomic E-state index is 13.1. The number of nitrogens with zero attached hydrogens (tertiary/aromatic N) is 2. The highest BCUT2D eigenvalue weighted by molar-refractivity contribution is 5.79. The second-order valence-electron chi connectivity index (χ2n) is 9.54. The predicted octanol–water partition coefficient (Wildman–Crippen LogP) is 3.81. The molecule has 0 aromatic heterocycles. The number of hydrogen-bond donors (Lipinski definition) is 2. The molecule has 1 saturated heterocycles. The number of hydrogen-bond acceptors (Lipinski definition) is 4. The first-order valence-electron chi connectivity index (χ1n) is 11.5. The van der Waals surface area contributed by atoms with Crippen LogP contribution in [0.4, 0.5) is 5.69 Å². The lowest BCUT2D eigenvalue weighted by Gasteiger charge is -2.36. The minimum atomic E-state index is -0.339. The highest BCUT2D eigenvalue weighted by Gasteiger charge is 2.44. The van der Waals surface area contributed by atoms with Gasteiger partial charge in [0.15, 0.2) is 0 Å². The zero-order valence-electron chi connectivity index (χ0n) is 19.9. The van der Waals surface area contributed by atoms with Gasteiger partial charge in [0.05, 0.1) is 18.7 Å². The summed E-state index contributed by atoms with van der Waals surface area (Å²) in [4.78, 5) is 17.6. The summed E-state index contributed by atoms with van der Waals surface area (Å²) in [5.74, 6) is 0.999. The van der Waals surface area contributed by atoms with E-state index in [1.807, 2.05) is 37.3 Å². The third-order valence-electron chi connectivity index (χ3n) is 7.23. The lowest BCUT2D eigenvalue weighted by atomic mass is 9.83. The Morgan fingerprint density at radius 2 is 1.97 bits per heavy atom. The molecular formula is C27H34N3O3+. The molecule has 0 saturated carbocycles. The summed E-state index contributed by atoms with van der Waals surface area (Å²) in [7, 11) is 0. The van der Waals surface area contributed by atoms with Crippen molar-refractivity contribution in [2.24, 2.45) is 5.41 Å². The molecule has 1 heterocycles. The topological polar surface area (TPSA) is 67.1 Å². The quantitative estimate of drug-likeness (QED) is 0.521. The van der Waals surface area contributed by atoms with Crippen LogP contribution in [-0.4, -0.2) is 55.4 Å². The van der Waals surface area contributed by atoms with Gasteiger partial charge in [0.25, 0.3) is 6.79 Å². The van der Waals surface area contributed by atoms with E-state index in [9.17, 15) is 9.90 Å². The monoisotopic (exact) mass is 448 g/mol. The van der Waals surface area contributed by atoms with Crippen LogP contribution in [0.25, 0.3) is 0 Å². The van der Waals surface area contributed by atoms with Gasteiger partial charge in [0.2, 0.25) is 5.91 Å². The zero-order valence-corrected chi connectivity index (χ0v) is 19.9. The van der Waals surface area contributed by atoms with E-state index in [1.54, 1.807) is 0 Å². The normalized spacial score (nSPS) is 22.6. The number of aromatic hydroxyl groups is 1. The molecule has 2 unspecified atom stereocenters. The molecule has 1 fully saturated rings. The first kappa shape index (κ1) is 23.1. The Balaban J connectivity index is 1.42. The fourth-order valence-corrected chi connectivity index (χ4v) is 5.18. The Morgan fingerprint density at radius 1 is 1.24 bits per heavy atom. The Hall–Kier alpha value is -3.12. The molecule has 0 bridgehead atoms. The maximum absolute atomic E-state index is 13.1. The number of nitrogens with one attached hydrogen (secondary N) is 1. The predicted molar refractivity (Wildman–Crippen MR) is 132 cm³/mol. The van der Waals surface area contributed by atoms with Gasteiger partial charge in [-0.2, -0.15) is 0 Å². The molecular weight excluding hydrogens is 414 g/mol. The van der Waals surface area contributed by atoms with Crippen LogP contribution in [0.3, 0.4) is 0 Å². The van der Waals surface area contributed by atoms with Crippen LogP contribution in [0.15, 0.2) is 43.0 Å². The molecule has 6 nitrogen and oxygen atoms in total. The van der Waals surface area contributed by atoms with E-state index >= 15 is 0 Å². The summed E-state index contributed by atoms with van der Waals surface area (Å²) in [6.07, 6.45) is 2.67. The highest BCUT2D eigenvalue weighted by atomic mass is 16.4. The lowest BCUT2D eigenvalue weighted by molar-refractivity contribution is -0.354. The van der Waals surface area contributed by atoms with Crippen molar-refractivity contribution >= 4 is 18.4 Å². The van der Waals surface area contributed by atoms with E-state index in [4.69, 9.17) is 4.42 Å². The molecule has 2 aliphatic rings. The van der Waals surface area contributed by atoms with Gasteiger partial charge in [-0.3, -0.25) is 9.69 Å². The first-order valence-corrected chi connectivity index (χ1v) is 11.5. The average Bonchev–Trinajstić information content (AvgIpc) is 3.11. The lowest BCUT2D eigenvalue weighted by Crippen LogP contribution is -2.50. The van der Waals surface area contributed by atoms with E-state index < -0.39 is 0 Å². The van der Waals surface area contributed by atoms with Gasteiger partial charge in [0.1, 0.15) is 5.75 Å². The maximum Gasteiger partial charge on any atom is 0.353 e. The number of benzene rings is 2. The van der Waals surface area contributed by atoms with Crippen LogP contribution in [0.1, 0.15) is 35.2 Å². The third-order valence-corrected chi connectivity index (χ3v) is 7.23. The Morgan fingerprint density at radius 3 is 2.64 bits per heavy atom. The number of carbonyl (C=O) groups is 1. The molecule has 2 aromatic carbocycles. The van der Waals surface area contributed by atoms with Gasteiger partial charge in [-0.1, -0.05) is 25.1 Å². The van der Waals surface area contributed by atoms with Crippen molar-refractivity contribution in [1.29, 1.82) is 0 Å². The number of carbonyl (C=O) groups excluding carboxylic acids is 2. The fraction of sp³-hybridized carbons (Fsp3) is 0.407. The van der Waals surface area contributed by atoms with Crippen LogP contribution in [-0.2, 0) is 15.6 Å². The van der Waals surface area contributed by atoms with E-state index in [0.29, 0.717) is 6.54 Å². The molecule has 2 N–H and O–H groups in total. The zero-order chi connectivity index (χ0) is 23.8. The molecule has 1 aliphatic heterocycles. The van der Waals surface area contributed by atoms with Gasteiger partial charge in [-0.25, -0.2) is 4.42 Å². The van der Waals surface area contributed by atoms with Crippen LogP contribution in [0.5, 0.6) is 11.5 Å². The van der Waals surface area contributed by atoms with Crippen molar-refractivity contribution in [3.05, 3.63) is 65.2 Å². The summed E-state index contributed by atoms with van der Waals surface area (Å²) in [6, 6.07) is 9.62. The smallest absolute Gasteiger partial charge is 0.353 e. The number of phenols is 1. The van der Waals surface area contributed by atoms with Crippen LogP contribution in [0.2, 0.25) is 0 Å².